The molecule has 0 bridgehead atoms. The van der Waals surface area contributed by atoms with E-state index in [4.69, 9.17) is 4.74 Å². The van der Waals surface area contributed by atoms with Crippen LogP contribution >= 0.6 is 11.3 Å². The lowest BCUT2D eigenvalue weighted by atomic mass is 9.87. The predicted molar refractivity (Wildman–Crippen MR) is 135 cm³/mol. The number of benzene rings is 2. The Kier molecular flexibility index (Phi) is 6.11. The number of rotatable bonds is 6. The Morgan fingerprint density at radius 3 is 2.65 bits per heavy atom. The number of carbonyl (C=O) groups is 1. The first kappa shape index (κ1) is 22.2. The largest absolute Gasteiger partial charge is 0.497 e. The van der Waals surface area contributed by atoms with Gasteiger partial charge in [-0.3, -0.25) is 13.9 Å². The van der Waals surface area contributed by atoms with Crippen LogP contribution in [0.25, 0.3) is 10.6 Å². The summed E-state index contributed by atoms with van der Waals surface area (Å²) in [6.45, 7) is 0.298. The molecule has 1 aliphatic rings. The van der Waals surface area contributed by atoms with Crippen LogP contribution < -0.4 is 15.7 Å². The summed E-state index contributed by atoms with van der Waals surface area (Å²) < 4.78 is 8.42. The third-order valence-corrected chi connectivity index (χ3v) is 7.37. The molecule has 2 aromatic heterocycles. The molecule has 0 fully saturated rings. The van der Waals surface area contributed by atoms with Gasteiger partial charge in [-0.2, -0.15) is 0 Å². The molecule has 0 radical (unpaired) electrons. The third-order valence-electron chi connectivity index (χ3n) is 6.49. The maximum Gasteiger partial charge on any atom is 0.329 e. The summed E-state index contributed by atoms with van der Waals surface area (Å²) >= 11 is 1.52. The average Bonchev–Trinajstić information content (AvgIpc) is 3.47. The zero-order valence-electron chi connectivity index (χ0n) is 19.3. The van der Waals surface area contributed by atoms with Crippen molar-refractivity contribution in [1.29, 1.82) is 0 Å². The average molecular weight is 474 g/mol. The summed E-state index contributed by atoms with van der Waals surface area (Å²) in [5, 5.41) is 5.21. The fourth-order valence-electron chi connectivity index (χ4n) is 4.78. The minimum atomic E-state index is -0.226. The molecule has 0 saturated carbocycles. The number of methoxy groups -OCH3 is 1. The Morgan fingerprint density at radius 1 is 1.12 bits per heavy atom. The van der Waals surface area contributed by atoms with Gasteiger partial charge in [-0.15, -0.1) is 11.3 Å². The minimum absolute atomic E-state index is 0.0709. The molecule has 1 aliphatic carbocycles. The lowest BCUT2D eigenvalue weighted by Gasteiger charge is -2.26. The number of nitrogens with zero attached hydrogens (tertiary/aromatic N) is 2. The molecule has 1 amide bonds. The van der Waals surface area contributed by atoms with Crippen molar-refractivity contribution in [3.63, 3.8) is 0 Å². The zero-order chi connectivity index (χ0) is 23.7. The molecule has 2 heterocycles. The van der Waals surface area contributed by atoms with E-state index in [2.05, 4.69) is 17.4 Å². The molecule has 0 aliphatic heterocycles. The zero-order valence-corrected chi connectivity index (χ0v) is 20.1. The molecule has 5 rings (SSSR count). The van der Waals surface area contributed by atoms with Gasteiger partial charge >= 0.3 is 5.69 Å². The maximum absolute atomic E-state index is 13.8. The summed E-state index contributed by atoms with van der Waals surface area (Å²) in [5.41, 5.74) is 4.20. The Bertz CT molecular complexity index is 1370. The van der Waals surface area contributed by atoms with Crippen LogP contribution in [0.5, 0.6) is 5.75 Å². The number of aryl methyl sites for hydroxylation is 1. The summed E-state index contributed by atoms with van der Waals surface area (Å²) in [6, 6.07) is 19.7. The van der Waals surface area contributed by atoms with Gasteiger partial charge in [0.1, 0.15) is 11.4 Å². The Morgan fingerprint density at radius 2 is 1.91 bits per heavy atom. The molecule has 1 atom stereocenters. The quantitative estimate of drug-likeness (QED) is 0.438. The monoisotopic (exact) mass is 473 g/mol. The highest BCUT2D eigenvalue weighted by Gasteiger charge is 2.29. The molecular formula is C27H27N3O3S. The van der Waals surface area contributed by atoms with Gasteiger partial charge in [0.25, 0.3) is 5.91 Å². The number of aromatic nitrogens is 2. The van der Waals surface area contributed by atoms with Crippen molar-refractivity contribution in [3.05, 3.63) is 98.9 Å². The number of hydrogen-bond donors (Lipinski definition) is 1. The molecular weight excluding hydrogens is 446 g/mol. The number of nitrogens with one attached hydrogen (secondary N) is 1. The highest BCUT2D eigenvalue weighted by Crippen LogP contribution is 2.32. The van der Waals surface area contributed by atoms with Crippen LogP contribution in [-0.4, -0.2) is 22.2 Å². The van der Waals surface area contributed by atoms with Gasteiger partial charge in [-0.1, -0.05) is 42.5 Å². The summed E-state index contributed by atoms with van der Waals surface area (Å²) in [4.78, 5) is 28.1. The highest BCUT2D eigenvalue weighted by atomic mass is 32.1. The molecule has 0 spiro atoms. The number of imidazole rings is 1. The van der Waals surface area contributed by atoms with Crippen LogP contribution in [0.1, 0.15) is 46.1 Å². The van der Waals surface area contributed by atoms with Gasteiger partial charge in [0, 0.05) is 7.05 Å². The topological polar surface area (TPSA) is 65.3 Å². The molecule has 4 aromatic rings. The standard InChI is InChI=1S/C27H27N3O3S/c1-29-24(23-11-6-16-34-23)25(30(27(29)32)17-18-12-14-20(33-2)15-13-18)26(31)28-22-10-5-8-19-7-3-4-9-21(19)22/h3-4,6-7,9,11-16,22H,5,8,10,17H2,1-2H3,(H,28,31). The van der Waals surface area contributed by atoms with Gasteiger partial charge in [0.05, 0.1) is 30.3 Å². The second kappa shape index (κ2) is 9.35. The molecule has 174 valence electrons. The predicted octanol–water partition coefficient (Wildman–Crippen LogP) is 4.78. The van der Waals surface area contributed by atoms with Crippen molar-refractivity contribution in [1.82, 2.24) is 14.5 Å². The third kappa shape index (κ3) is 4.07. The van der Waals surface area contributed by atoms with Crippen LogP contribution in [-0.2, 0) is 20.0 Å². The van der Waals surface area contributed by atoms with E-state index < -0.39 is 0 Å². The van der Waals surface area contributed by atoms with Crippen molar-refractivity contribution >= 4 is 17.2 Å². The molecule has 1 unspecified atom stereocenters. The van der Waals surface area contributed by atoms with Gasteiger partial charge in [0.2, 0.25) is 0 Å². The second-order valence-electron chi connectivity index (χ2n) is 8.57. The van der Waals surface area contributed by atoms with Gasteiger partial charge in [-0.05, 0) is 59.5 Å². The van der Waals surface area contributed by atoms with E-state index in [0.29, 0.717) is 17.9 Å². The molecule has 7 heteroatoms. The highest BCUT2D eigenvalue weighted by molar-refractivity contribution is 7.13. The first-order valence-corrected chi connectivity index (χ1v) is 12.3. The lowest BCUT2D eigenvalue weighted by molar-refractivity contribution is 0.0924. The molecule has 2 aromatic carbocycles. The Labute approximate surface area is 202 Å². The Hall–Kier alpha value is -3.58. The maximum atomic E-state index is 13.8. The first-order valence-electron chi connectivity index (χ1n) is 11.4. The molecule has 34 heavy (non-hydrogen) atoms. The van der Waals surface area contributed by atoms with Gasteiger partial charge < -0.3 is 10.1 Å². The van der Waals surface area contributed by atoms with Crippen LogP contribution in [0, 0.1) is 0 Å². The van der Waals surface area contributed by atoms with Crippen molar-refractivity contribution in [2.75, 3.05) is 7.11 Å². The minimum Gasteiger partial charge on any atom is -0.497 e. The van der Waals surface area contributed by atoms with E-state index >= 15 is 0 Å². The van der Waals surface area contributed by atoms with E-state index in [1.54, 1.807) is 23.3 Å². The van der Waals surface area contributed by atoms with Gasteiger partial charge in [0.15, 0.2) is 0 Å². The van der Waals surface area contributed by atoms with Crippen LogP contribution in [0.4, 0.5) is 0 Å². The summed E-state index contributed by atoms with van der Waals surface area (Å²) in [5.74, 6) is 0.522. The number of carbonyl (C=O) groups excluding carboxylic acids is 1. The smallest absolute Gasteiger partial charge is 0.329 e. The fraction of sp³-hybridized carbons (Fsp3) is 0.259. The van der Waals surface area contributed by atoms with Crippen molar-refractivity contribution in [2.45, 2.75) is 31.8 Å². The number of fused-ring (bicyclic) bond motifs is 1. The molecule has 1 N–H and O–H groups in total. The summed E-state index contributed by atoms with van der Waals surface area (Å²) in [7, 11) is 3.35. The number of hydrogen-bond acceptors (Lipinski definition) is 4. The van der Waals surface area contributed by atoms with E-state index in [0.717, 1.165) is 35.5 Å². The van der Waals surface area contributed by atoms with Crippen molar-refractivity contribution in [2.24, 2.45) is 7.05 Å². The van der Waals surface area contributed by atoms with E-state index in [9.17, 15) is 9.59 Å². The van der Waals surface area contributed by atoms with E-state index in [1.165, 1.54) is 22.5 Å². The summed E-state index contributed by atoms with van der Waals surface area (Å²) in [6.07, 6.45) is 2.93. The van der Waals surface area contributed by atoms with Crippen LogP contribution in [0.2, 0.25) is 0 Å². The SMILES string of the molecule is COc1ccc(Cn2c(C(=O)NC3CCCc4ccccc43)c(-c3cccs3)n(C)c2=O)cc1. The van der Waals surface area contributed by atoms with Crippen LogP contribution in [0.3, 0.4) is 0 Å². The lowest BCUT2D eigenvalue weighted by Crippen LogP contribution is -2.34. The normalized spacial score (nSPS) is 15.1. The van der Waals surface area contributed by atoms with Crippen molar-refractivity contribution < 1.29 is 9.53 Å². The number of ether oxygens (including phenoxy) is 1. The Balaban J connectivity index is 1.56. The first-order chi connectivity index (χ1) is 16.6. The molecule has 0 saturated heterocycles. The fourth-order valence-corrected chi connectivity index (χ4v) is 5.58. The second-order valence-corrected chi connectivity index (χ2v) is 9.52. The van der Waals surface area contributed by atoms with Gasteiger partial charge in [-0.25, -0.2) is 4.79 Å². The van der Waals surface area contributed by atoms with E-state index in [-0.39, 0.29) is 17.6 Å². The van der Waals surface area contributed by atoms with Crippen molar-refractivity contribution in [3.8, 4) is 16.3 Å². The van der Waals surface area contributed by atoms with Crippen LogP contribution in [0.15, 0.2) is 70.8 Å². The van der Waals surface area contributed by atoms with E-state index in [1.807, 2.05) is 53.9 Å². The number of amides is 1. The molecule has 6 nitrogen and oxygen atoms in total. The number of thiophene rings is 1.